The van der Waals surface area contributed by atoms with Crippen LogP contribution in [0.25, 0.3) is 16.9 Å². The van der Waals surface area contributed by atoms with Crippen LogP contribution < -0.4 is 15.0 Å². The van der Waals surface area contributed by atoms with E-state index in [9.17, 15) is 14.0 Å². The number of aromatic nitrogens is 2. The van der Waals surface area contributed by atoms with E-state index in [1.165, 1.54) is 28.8 Å². The van der Waals surface area contributed by atoms with Crippen molar-refractivity contribution in [1.29, 1.82) is 0 Å². The molecule has 1 aromatic heterocycles. The highest BCUT2D eigenvalue weighted by Gasteiger charge is 2.38. The van der Waals surface area contributed by atoms with Crippen molar-refractivity contribution in [2.75, 3.05) is 30.9 Å². The average Bonchev–Trinajstić information content (AvgIpc) is 3.29. The molecule has 2 amide bonds. The highest BCUT2D eigenvalue weighted by molar-refractivity contribution is 8.00. The van der Waals surface area contributed by atoms with Crippen molar-refractivity contribution < 1.29 is 18.7 Å². The molecule has 1 aliphatic heterocycles. The Labute approximate surface area is 237 Å². The van der Waals surface area contributed by atoms with E-state index in [2.05, 4.69) is 5.32 Å². The van der Waals surface area contributed by atoms with Crippen molar-refractivity contribution in [2.24, 2.45) is 5.92 Å². The van der Waals surface area contributed by atoms with Crippen molar-refractivity contribution in [2.45, 2.75) is 19.1 Å². The van der Waals surface area contributed by atoms with Gasteiger partial charge < -0.3 is 10.1 Å². The van der Waals surface area contributed by atoms with E-state index in [0.717, 1.165) is 16.7 Å². The standard InChI is InChI=1S/C31H31FN4O3S/c1-20(2)17-33-26(37)18-35-27(38)19-40-30(24-11-7-8-12-25(24)39-3)28-29(21-9-5-4-6-10-21)34-36(31(28)35)23-15-13-22(32)14-16-23/h4-16,20,30H,17-19H2,1-3H3,(H,33,37)/t30-/m0/s1. The molecule has 1 aliphatic rings. The highest BCUT2D eigenvalue weighted by Crippen LogP contribution is 2.50. The first-order chi connectivity index (χ1) is 19.4. The predicted molar refractivity (Wildman–Crippen MR) is 156 cm³/mol. The quantitative estimate of drug-likeness (QED) is 0.304. The maximum absolute atomic E-state index is 13.9. The van der Waals surface area contributed by atoms with Crippen LogP contribution in [-0.2, 0) is 9.59 Å². The minimum absolute atomic E-state index is 0.145. The van der Waals surface area contributed by atoms with Crippen LogP contribution in [0.1, 0.15) is 30.2 Å². The van der Waals surface area contributed by atoms with Crippen molar-refractivity contribution in [3.8, 4) is 22.7 Å². The number of para-hydroxylation sites is 1. The molecule has 0 fully saturated rings. The van der Waals surface area contributed by atoms with Gasteiger partial charge in [-0.15, -0.1) is 11.8 Å². The van der Waals surface area contributed by atoms with Gasteiger partial charge in [0.05, 0.1) is 29.5 Å². The third-order valence-electron chi connectivity index (χ3n) is 6.64. The van der Waals surface area contributed by atoms with Gasteiger partial charge in [-0.05, 0) is 36.2 Å². The van der Waals surface area contributed by atoms with Gasteiger partial charge in [0, 0.05) is 23.2 Å². The van der Waals surface area contributed by atoms with Gasteiger partial charge in [-0.1, -0.05) is 62.4 Å². The predicted octanol–water partition coefficient (Wildman–Crippen LogP) is 5.63. The second kappa shape index (κ2) is 12.0. The Morgan fingerprint density at radius 3 is 2.48 bits per heavy atom. The molecule has 0 saturated heterocycles. The SMILES string of the molecule is COc1ccccc1[C@@H]1SCC(=O)N(CC(=O)NCC(C)C)c2c1c(-c1ccccc1)nn2-c1ccc(F)cc1. The Morgan fingerprint density at radius 1 is 1.07 bits per heavy atom. The van der Waals surface area contributed by atoms with Crippen LogP contribution in [0, 0.1) is 11.7 Å². The molecule has 7 nitrogen and oxygen atoms in total. The summed E-state index contributed by atoms with van der Waals surface area (Å²) < 4.78 is 21.3. The molecule has 9 heteroatoms. The molecule has 206 valence electrons. The molecule has 0 radical (unpaired) electrons. The molecule has 2 heterocycles. The number of carbonyl (C=O) groups is 2. The number of ether oxygens (including phenoxy) is 1. The molecule has 0 unspecified atom stereocenters. The fourth-order valence-electron chi connectivity index (χ4n) is 4.74. The normalized spacial score (nSPS) is 15.1. The molecule has 1 N–H and O–H groups in total. The largest absolute Gasteiger partial charge is 0.496 e. The Balaban J connectivity index is 1.78. The summed E-state index contributed by atoms with van der Waals surface area (Å²) in [6.07, 6.45) is 0. The molecular formula is C31H31FN4O3S. The molecule has 5 rings (SSSR count). The third kappa shape index (κ3) is 5.60. The van der Waals surface area contributed by atoms with Crippen LogP contribution in [0.3, 0.4) is 0 Å². The van der Waals surface area contributed by atoms with E-state index in [4.69, 9.17) is 9.84 Å². The number of carbonyl (C=O) groups excluding carboxylic acids is 2. The lowest BCUT2D eigenvalue weighted by molar-refractivity contribution is -0.123. The lowest BCUT2D eigenvalue weighted by Gasteiger charge is -2.23. The average molecular weight is 559 g/mol. The molecule has 40 heavy (non-hydrogen) atoms. The summed E-state index contributed by atoms with van der Waals surface area (Å²) >= 11 is 1.47. The van der Waals surface area contributed by atoms with Crippen LogP contribution in [0.5, 0.6) is 5.75 Å². The van der Waals surface area contributed by atoms with E-state index in [1.807, 2.05) is 68.4 Å². The Bertz CT molecular complexity index is 1510. The fourth-order valence-corrected chi connectivity index (χ4v) is 5.96. The molecule has 1 atom stereocenters. The number of hydrogen-bond donors (Lipinski definition) is 1. The molecule has 0 bridgehead atoms. The zero-order chi connectivity index (χ0) is 28.2. The number of methoxy groups -OCH3 is 1. The maximum atomic E-state index is 13.9. The number of nitrogens with zero attached hydrogens (tertiary/aromatic N) is 3. The van der Waals surface area contributed by atoms with E-state index in [-0.39, 0.29) is 41.1 Å². The van der Waals surface area contributed by atoms with E-state index in [1.54, 1.807) is 23.9 Å². The Hall–Kier alpha value is -4.11. The van der Waals surface area contributed by atoms with Gasteiger partial charge in [0.15, 0.2) is 0 Å². The molecule has 0 aliphatic carbocycles. The zero-order valence-electron chi connectivity index (χ0n) is 22.6. The van der Waals surface area contributed by atoms with E-state index < -0.39 is 0 Å². The molecule has 4 aromatic rings. The Morgan fingerprint density at radius 2 is 1.77 bits per heavy atom. The molecule has 0 spiro atoms. The summed E-state index contributed by atoms with van der Waals surface area (Å²) in [5.41, 5.74) is 3.79. The summed E-state index contributed by atoms with van der Waals surface area (Å²) in [4.78, 5) is 28.4. The number of anilines is 1. The molecule has 0 saturated carbocycles. The number of thioether (sulfide) groups is 1. The maximum Gasteiger partial charge on any atom is 0.240 e. The van der Waals surface area contributed by atoms with Crippen LogP contribution in [0.15, 0.2) is 78.9 Å². The van der Waals surface area contributed by atoms with Crippen molar-refractivity contribution >= 4 is 29.4 Å². The molecule has 3 aromatic carbocycles. The number of benzene rings is 3. The van der Waals surface area contributed by atoms with Crippen molar-refractivity contribution in [3.63, 3.8) is 0 Å². The lowest BCUT2D eigenvalue weighted by atomic mass is 9.99. The van der Waals surface area contributed by atoms with Gasteiger partial charge in [0.25, 0.3) is 0 Å². The van der Waals surface area contributed by atoms with Crippen LogP contribution >= 0.6 is 11.8 Å². The smallest absolute Gasteiger partial charge is 0.240 e. The number of fused-ring (bicyclic) bond motifs is 1. The first-order valence-electron chi connectivity index (χ1n) is 13.1. The van der Waals surface area contributed by atoms with Gasteiger partial charge in [-0.25, -0.2) is 9.07 Å². The minimum atomic E-state index is -0.381. The van der Waals surface area contributed by atoms with Gasteiger partial charge in [0.1, 0.15) is 23.9 Å². The minimum Gasteiger partial charge on any atom is -0.496 e. The summed E-state index contributed by atoms with van der Waals surface area (Å²) in [6, 6.07) is 23.4. The summed E-state index contributed by atoms with van der Waals surface area (Å²) in [5, 5.41) is 7.61. The number of nitrogens with one attached hydrogen (secondary N) is 1. The number of halogens is 1. The van der Waals surface area contributed by atoms with Crippen LogP contribution in [0.4, 0.5) is 10.2 Å². The van der Waals surface area contributed by atoms with Crippen LogP contribution in [0.2, 0.25) is 0 Å². The Kier molecular flexibility index (Phi) is 8.21. The van der Waals surface area contributed by atoms with Gasteiger partial charge in [-0.2, -0.15) is 5.10 Å². The lowest BCUT2D eigenvalue weighted by Crippen LogP contribution is -2.43. The number of hydrogen-bond acceptors (Lipinski definition) is 5. The summed E-state index contributed by atoms with van der Waals surface area (Å²) in [7, 11) is 1.62. The van der Waals surface area contributed by atoms with Crippen LogP contribution in [-0.4, -0.2) is 47.5 Å². The van der Waals surface area contributed by atoms with Crippen molar-refractivity contribution in [1.82, 2.24) is 15.1 Å². The van der Waals surface area contributed by atoms with Gasteiger partial charge in [-0.3, -0.25) is 14.5 Å². The van der Waals surface area contributed by atoms with Crippen molar-refractivity contribution in [3.05, 3.63) is 95.8 Å². The number of rotatable bonds is 8. The summed E-state index contributed by atoms with van der Waals surface area (Å²) in [5.74, 6) is 0.721. The fraction of sp³-hybridized carbons (Fsp3) is 0.258. The topological polar surface area (TPSA) is 76.5 Å². The second-order valence-electron chi connectivity index (χ2n) is 9.95. The number of amides is 2. The molecular weight excluding hydrogens is 527 g/mol. The van der Waals surface area contributed by atoms with E-state index in [0.29, 0.717) is 29.5 Å². The first-order valence-corrected chi connectivity index (χ1v) is 14.2. The monoisotopic (exact) mass is 558 g/mol. The van der Waals surface area contributed by atoms with Gasteiger partial charge >= 0.3 is 0 Å². The third-order valence-corrected chi connectivity index (χ3v) is 7.87. The first kappa shape index (κ1) is 27.5. The zero-order valence-corrected chi connectivity index (χ0v) is 23.5. The highest BCUT2D eigenvalue weighted by atomic mass is 32.2. The second-order valence-corrected chi connectivity index (χ2v) is 11.0. The van der Waals surface area contributed by atoms with Gasteiger partial charge in [0.2, 0.25) is 11.8 Å². The summed E-state index contributed by atoms with van der Waals surface area (Å²) in [6.45, 7) is 4.36. The van der Waals surface area contributed by atoms with E-state index >= 15 is 0 Å².